The number of rotatable bonds is 7. The van der Waals surface area contributed by atoms with Gasteiger partial charge in [0, 0.05) is 6.54 Å². The fraction of sp³-hybridized carbons (Fsp3) is 0.500. The van der Waals surface area contributed by atoms with Gasteiger partial charge in [-0.05, 0) is 35.4 Å². The number of hydrogen-bond acceptors (Lipinski definition) is 5. The highest BCUT2D eigenvalue weighted by Crippen LogP contribution is 2.14. The van der Waals surface area contributed by atoms with E-state index in [-0.39, 0.29) is 0 Å². The summed E-state index contributed by atoms with van der Waals surface area (Å²) in [6, 6.07) is 8.04. The van der Waals surface area contributed by atoms with Crippen LogP contribution in [0.3, 0.4) is 0 Å². The lowest BCUT2D eigenvalue weighted by atomic mass is 10.2. The van der Waals surface area contributed by atoms with Crippen LogP contribution in [0.25, 0.3) is 0 Å². The summed E-state index contributed by atoms with van der Waals surface area (Å²) in [5.41, 5.74) is 1.20. The highest BCUT2D eigenvalue weighted by molar-refractivity contribution is 5.28. The molecule has 0 amide bonds. The Morgan fingerprint density at radius 3 is 2.90 bits per heavy atom. The molecule has 0 saturated carbocycles. The van der Waals surface area contributed by atoms with E-state index in [4.69, 9.17) is 4.74 Å². The minimum atomic E-state index is 0.330. The molecule has 0 spiro atoms. The third kappa shape index (κ3) is 4.62. The fourth-order valence-electron chi connectivity index (χ4n) is 1.78. The predicted octanol–water partition coefficient (Wildman–Crippen LogP) is 1.53. The van der Waals surface area contributed by atoms with Crippen molar-refractivity contribution in [2.24, 2.45) is 13.0 Å². The summed E-state index contributed by atoms with van der Waals surface area (Å²) < 4.78 is 5.67. The minimum absolute atomic E-state index is 0.330. The monoisotopic (exact) mass is 275 g/mol. The Morgan fingerprint density at radius 2 is 2.20 bits per heavy atom. The van der Waals surface area contributed by atoms with Crippen molar-refractivity contribution in [2.45, 2.75) is 27.0 Å². The van der Waals surface area contributed by atoms with E-state index in [1.165, 1.54) is 10.4 Å². The second kappa shape index (κ2) is 7.00. The summed E-state index contributed by atoms with van der Waals surface area (Å²) >= 11 is 0. The average Bonchev–Trinajstić information content (AvgIpc) is 2.82. The van der Waals surface area contributed by atoms with Gasteiger partial charge in [0.1, 0.15) is 5.75 Å². The van der Waals surface area contributed by atoms with Crippen molar-refractivity contribution in [2.75, 3.05) is 6.54 Å². The van der Waals surface area contributed by atoms with Crippen LogP contribution in [0, 0.1) is 5.92 Å². The van der Waals surface area contributed by atoms with Crippen LogP contribution in [0.5, 0.6) is 5.75 Å². The summed E-state index contributed by atoms with van der Waals surface area (Å²) in [4.78, 5) is 1.42. The van der Waals surface area contributed by atoms with Gasteiger partial charge in [0.15, 0.2) is 6.61 Å². The zero-order valence-electron chi connectivity index (χ0n) is 12.2. The van der Waals surface area contributed by atoms with Gasteiger partial charge in [-0.3, -0.25) is 0 Å². The molecule has 0 aliphatic rings. The van der Waals surface area contributed by atoms with Crippen LogP contribution in [-0.4, -0.2) is 26.8 Å². The van der Waals surface area contributed by atoms with Crippen LogP contribution in [0.15, 0.2) is 24.3 Å². The van der Waals surface area contributed by atoms with E-state index in [0.29, 0.717) is 18.3 Å². The molecule has 0 saturated heterocycles. The standard InChI is InChI=1S/C14H21N5O/c1-11(2)8-15-9-12-5-4-6-13(7-12)20-10-14-16-18-19(3)17-14/h4-7,11,15H,8-10H2,1-3H3. The maximum absolute atomic E-state index is 5.67. The van der Waals surface area contributed by atoms with Gasteiger partial charge in [0.05, 0.1) is 7.05 Å². The van der Waals surface area contributed by atoms with Crippen LogP contribution in [0.4, 0.5) is 0 Å². The Morgan fingerprint density at radius 1 is 1.35 bits per heavy atom. The van der Waals surface area contributed by atoms with Gasteiger partial charge in [-0.1, -0.05) is 26.0 Å². The summed E-state index contributed by atoms with van der Waals surface area (Å²) in [6.07, 6.45) is 0. The van der Waals surface area contributed by atoms with E-state index in [0.717, 1.165) is 18.8 Å². The number of aromatic nitrogens is 4. The van der Waals surface area contributed by atoms with Crippen molar-refractivity contribution in [3.8, 4) is 5.75 Å². The Balaban J connectivity index is 1.85. The quantitative estimate of drug-likeness (QED) is 0.830. The molecule has 0 atom stereocenters. The van der Waals surface area contributed by atoms with Gasteiger partial charge < -0.3 is 10.1 Å². The smallest absolute Gasteiger partial charge is 0.212 e. The van der Waals surface area contributed by atoms with E-state index in [9.17, 15) is 0 Å². The zero-order chi connectivity index (χ0) is 14.4. The van der Waals surface area contributed by atoms with Crippen LogP contribution in [0.1, 0.15) is 25.2 Å². The third-order valence-corrected chi connectivity index (χ3v) is 2.70. The highest BCUT2D eigenvalue weighted by atomic mass is 16.5. The second-order valence-electron chi connectivity index (χ2n) is 5.16. The number of ether oxygens (including phenoxy) is 1. The summed E-state index contributed by atoms with van der Waals surface area (Å²) in [6.45, 7) is 6.57. The number of tetrazole rings is 1. The zero-order valence-corrected chi connectivity index (χ0v) is 12.2. The maximum Gasteiger partial charge on any atom is 0.212 e. The number of aryl methyl sites for hydroxylation is 1. The molecule has 0 aliphatic heterocycles. The molecular weight excluding hydrogens is 254 g/mol. The number of hydrogen-bond donors (Lipinski definition) is 1. The first-order valence-electron chi connectivity index (χ1n) is 6.79. The van der Waals surface area contributed by atoms with E-state index < -0.39 is 0 Å². The molecule has 0 aliphatic carbocycles. The molecular formula is C14H21N5O. The lowest BCUT2D eigenvalue weighted by molar-refractivity contribution is 0.295. The van der Waals surface area contributed by atoms with Crippen molar-refractivity contribution in [1.29, 1.82) is 0 Å². The van der Waals surface area contributed by atoms with Crippen molar-refractivity contribution < 1.29 is 4.74 Å². The van der Waals surface area contributed by atoms with E-state index in [1.54, 1.807) is 7.05 Å². The molecule has 0 bridgehead atoms. The molecule has 1 aromatic carbocycles. The molecule has 6 heteroatoms. The molecule has 1 aromatic heterocycles. The molecule has 0 fully saturated rings. The number of nitrogens with one attached hydrogen (secondary N) is 1. The van der Waals surface area contributed by atoms with Gasteiger partial charge in [-0.2, -0.15) is 4.80 Å². The Labute approximate surface area is 119 Å². The minimum Gasteiger partial charge on any atom is -0.485 e. The third-order valence-electron chi connectivity index (χ3n) is 2.70. The Bertz CT molecular complexity index is 538. The lowest BCUT2D eigenvalue weighted by Gasteiger charge is -2.09. The molecule has 6 nitrogen and oxygen atoms in total. The molecule has 108 valence electrons. The van der Waals surface area contributed by atoms with E-state index >= 15 is 0 Å². The molecule has 0 radical (unpaired) electrons. The maximum atomic E-state index is 5.67. The molecule has 0 unspecified atom stereocenters. The second-order valence-corrected chi connectivity index (χ2v) is 5.16. The first-order chi connectivity index (χ1) is 9.63. The molecule has 2 aromatic rings. The SMILES string of the molecule is CC(C)CNCc1cccc(OCc2nnn(C)n2)c1. The van der Waals surface area contributed by atoms with Crippen LogP contribution in [0.2, 0.25) is 0 Å². The number of nitrogens with zero attached hydrogens (tertiary/aromatic N) is 4. The summed E-state index contributed by atoms with van der Waals surface area (Å²) in [5.74, 6) is 2.05. The lowest BCUT2D eigenvalue weighted by Crippen LogP contribution is -2.18. The average molecular weight is 275 g/mol. The normalized spacial score (nSPS) is 11.0. The van der Waals surface area contributed by atoms with Crippen LogP contribution < -0.4 is 10.1 Å². The fourth-order valence-corrected chi connectivity index (χ4v) is 1.78. The van der Waals surface area contributed by atoms with Gasteiger partial charge in [-0.25, -0.2) is 0 Å². The van der Waals surface area contributed by atoms with Gasteiger partial charge in [-0.15, -0.1) is 10.2 Å². The van der Waals surface area contributed by atoms with E-state index in [1.807, 2.05) is 18.2 Å². The Hall–Kier alpha value is -1.95. The van der Waals surface area contributed by atoms with Gasteiger partial charge in [0.25, 0.3) is 0 Å². The number of benzene rings is 1. The van der Waals surface area contributed by atoms with Gasteiger partial charge >= 0.3 is 0 Å². The first-order valence-corrected chi connectivity index (χ1v) is 6.79. The predicted molar refractivity (Wildman–Crippen MR) is 76.1 cm³/mol. The van der Waals surface area contributed by atoms with E-state index in [2.05, 4.69) is 40.6 Å². The van der Waals surface area contributed by atoms with Crippen LogP contribution in [-0.2, 0) is 20.2 Å². The largest absolute Gasteiger partial charge is 0.485 e. The molecule has 2 rings (SSSR count). The van der Waals surface area contributed by atoms with Crippen molar-refractivity contribution in [3.63, 3.8) is 0 Å². The topological polar surface area (TPSA) is 64.9 Å². The Kier molecular flexibility index (Phi) is 5.06. The molecule has 1 heterocycles. The molecule has 1 N–H and O–H groups in total. The highest BCUT2D eigenvalue weighted by Gasteiger charge is 2.02. The molecule has 20 heavy (non-hydrogen) atoms. The summed E-state index contributed by atoms with van der Waals surface area (Å²) in [5, 5.41) is 15.1. The van der Waals surface area contributed by atoms with Gasteiger partial charge in [0.2, 0.25) is 5.82 Å². The summed E-state index contributed by atoms with van der Waals surface area (Å²) in [7, 11) is 1.73. The van der Waals surface area contributed by atoms with Crippen LogP contribution >= 0.6 is 0 Å². The van der Waals surface area contributed by atoms with Crippen molar-refractivity contribution >= 4 is 0 Å². The first kappa shape index (κ1) is 14.5. The van der Waals surface area contributed by atoms with Crippen molar-refractivity contribution in [3.05, 3.63) is 35.7 Å². The van der Waals surface area contributed by atoms with Crippen molar-refractivity contribution in [1.82, 2.24) is 25.5 Å².